The van der Waals surface area contributed by atoms with Crippen LogP contribution in [0.5, 0.6) is 5.88 Å². The topological polar surface area (TPSA) is 126 Å². The summed E-state index contributed by atoms with van der Waals surface area (Å²) in [6, 6.07) is 14.3. The van der Waals surface area contributed by atoms with Crippen molar-refractivity contribution in [2.45, 2.75) is 51.6 Å². The van der Waals surface area contributed by atoms with E-state index >= 15 is 4.39 Å². The largest absolute Gasteiger partial charge is 0.477 e. The average Bonchev–Trinajstić information content (AvgIpc) is 3.50. The Bertz CT molecular complexity index is 1690. The number of halogens is 4. The monoisotopic (exact) mass is 640 g/mol. The van der Waals surface area contributed by atoms with Gasteiger partial charge in [-0.25, -0.2) is 14.0 Å². The zero-order chi connectivity index (χ0) is 33.4. The third-order valence-electron chi connectivity index (χ3n) is 7.43. The Morgan fingerprint density at radius 1 is 0.957 bits per heavy atom. The van der Waals surface area contributed by atoms with Crippen molar-refractivity contribution in [3.63, 3.8) is 0 Å². The van der Waals surface area contributed by atoms with Crippen LogP contribution in [0.15, 0.2) is 71.1 Å². The van der Waals surface area contributed by atoms with Crippen molar-refractivity contribution >= 4 is 11.9 Å². The van der Waals surface area contributed by atoms with Gasteiger partial charge < -0.3 is 19.5 Å². The number of hydrogen-bond donors (Lipinski definition) is 2. The van der Waals surface area contributed by atoms with Crippen LogP contribution in [0, 0.1) is 17.1 Å². The second kappa shape index (κ2) is 14.8. The molecule has 0 spiro atoms. The predicted molar refractivity (Wildman–Crippen MR) is 158 cm³/mol. The summed E-state index contributed by atoms with van der Waals surface area (Å²) in [6.07, 6.45) is -2.68. The summed E-state index contributed by atoms with van der Waals surface area (Å²) in [6.45, 7) is 3.13. The first-order chi connectivity index (χ1) is 22.0. The predicted octanol–water partition coefficient (Wildman–Crippen LogP) is 6.70. The van der Waals surface area contributed by atoms with Crippen LogP contribution in [0.25, 0.3) is 11.3 Å². The van der Waals surface area contributed by atoms with Gasteiger partial charge in [0.2, 0.25) is 5.88 Å². The number of hydrogen-bond acceptors (Lipinski definition) is 8. The number of ether oxygens (including phenoxy) is 3. The van der Waals surface area contributed by atoms with E-state index in [-0.39, 0.29) is 18.0 Å². The Hall–Kier alpha value is -5.12. The van der Waals surface area contributed by atoms with E-state index < -0.39 is 57.7 Å². The van der Waals surface area contributed by atoms with Crippen molar-refractivity contribution in [3.8, 4) is 23.2 Å². The maximum atomic E-state index is 15.4. The summed E-state index contributed by atoms with van der Waals surface area (Å²) in [5.74, 6) is -4.84. The van der Waals surface area contributed by atoms with Crippen LogP contribution in [0.4, 0.5) is 17.6 Å². The number of aromatic amines is 1. The molecule has 242 valence electrons. The standard InChI is InChI=1S/C33H32F4N4O5/c1-19-26(31(42)44-3)29(28-23(34)14-13-22(18-38)30(28)33(35,36)37)27(20(2)39-19)32(43)46-16-10-5-4-9-15-45-25-17-24(40-41-25)21-11-7-6-8-12-21/h6-8,11-14,17,29,39H,4-5,9-10,15-16H2,1-3H3,(H,40,41). The molecule has 0 fully saturated rings. The minimum Gasteiger partial charge on any atom is -0.477 e. The molecule has 2 N–H and O–H groups in total. The summed E-state index contributed by atoms with van der Waals surface area (Å²) in [4.78, 5) is 26.2. The average molecular weight is 641 g/mol. The number of benzene rings is 2. The molecule has 1 aliphatic rings. The molecule has 0 saturated carbocycles. The van der Waals surface area contributed by atoms with Gasteiger partial charge in [-0.2, -0.15) is 18.4 Å². The van der Waals surface area contributed by atoms with Crippen LogP contribution in [-0.4, -0.2) is 42.5 Å². The van der Waals surface area contributed by atoms with Gasteiger partial charge >= 0.3 is 18.1 Å². The van der Waals surface area contributed by atoms with E-state index in [1.54, 1.807) is 6.07 Å². The number of carbonyl (C=O) groups is 2. The van der Waals surface area contributed by atoms with E-state index in [0.29, 0.717) is 43.9 Å². The van der Waals surface area contributed by atoms with Gasteiger partial charge in [-0.1, -0.05) is 30.3 Å². The Morgan fingerprint density at radius 2 is 1.61 bits per heavy atom. The number of H-pyrrole nitrogens is 1. The second-order valence-corrected chi connectivity index (χ2v) is 10.5. The highest BCUT2D eigenvalue weighted by atomic mass is 19.4. The molecule has 1 unspecified atom stereocenters. The fourth-order valence-electron chi connectivity index (χ4n) is 5.33. The van der Waals surface area contributed by atoms with Gasteiger partial charge in [0.15, 0.2) is 0 Å². The first-order valence-electron chi connectivity index (χ1n) is 14.4. The number of nitrogens with zero attached hydrogens (tertiary/aromatic N) is 2. The Balaban J connectivity index is 1.41. The summed E-state index contributed by atoms with van der Waals surface area (Å²) in [5, 5.41) is 19.3. The number of esters is 2. The third kappa shape index (κ3) is 7.56. The van der Waals surface area contributed by atoms with Crippen LogP contribution in [0.2, 0.25) is 0 Å². The van der Waals surface area contributed by atoms with Crippen molar-refractivity contribution in [1.29, 1.82) is 5.26 Å². The first-order valence-corrected chi connectivity index (χ1v) is 14.4. The smallest absolute Gasteiger partial charge is 0.418 e. The van der Waals surface area contributed by atoms with E-state index in [1.807, 2.05) is 30.3 Å². The minimum absolute atomic E-state index is 0.0640. The lowest BCUT2D eigenvalue weighted by Crippen LogP contribution is -2.34. The van der Waals surface area contributed by atoms with Gasteiger partial charge in [0.05, 0.1) is 60.3 Å². The number of nitrogens with one attached hydrogen (secondary N) is 2. The fourth-order valence-corrected chi connectivity index (χ4v) is 5.33. The molecule has 0 aliphatic carbocycles. The zero-order valence-electron chi connectivity index (χ0n) is 25.4. The van der Waals surface area contributed by atoms with Gasteiger partial charge in [0, 0.05) is 23.0 Å². The lowest BCUT2D eigenvalue weighted by Gasteiger charge is -2.32. The Morgan fingerprint density at radius 3 is 2.24 bits per heavy atom. The highest BCUT2D eigenvalue weighted by Crippen LogP contribution is 2.46. The van der Waals surface area contributed by atoms with Crippen molar-refractivity contribution in [3.05, 3.63) is 93.6 Å². The maximum Gasteiger partial charge on any atom is 0.418 e. The normalized spacial score (nSPS) is 14.9. The first kappa shape index (κ1) is 33.8. The maximum absolute atomic E-state index is 15.4. The van der Waals surface area contributed by atoms with E-state index in [0.717, 1.165) is 24.8 Å². The second-order valence-electron chi connectivity index (χ2n) is 10.5. The number of alkyl halides is 3. The number of unbranched alkanes of at least 4 members (excludes halogenated alkanes) is 3. The number of carbonyl (C=O) groups excluding carboxylic acids is 2. The van der Waals surface area contributed by atoms with Gasteiger partial charge in [0.1, 0.15) is 5.82 Å². The molecule has 2 aromatic carbocycles. The van der Waals surface area contributed by atoms with E-state index in [2.05, 4.69) is 15.5 Å². The molecule has 4 rings (SSSR count). The van der Waals surface area contributed by atoms with Crippen molar-refractivity contribution in [1.82, 2.24) is 15.5 Å². The van der Waals surface area contributed by atoms with E-state index in [1.165, 1.54) is 19.9 Å². The summed E-state index contributed by atoms with van der Waals surface area (Å²) >= 11 is 0. The van der Waals surface area contributed by atoms with Gasteiger partial charge in [-0.15, -0.1) is 5.10 Å². The van der Waals surface area contributed by atoms with Crippen LogP contribution in [0.1, 0.15) is 62.1 Å². The summed E-state index contributed by atoms with van der Waals surface area (Å²) in [7, 11) is 1.01. The molecule has 0 radical (unpaired) electrons. The number of dihydropyridines is 1. The molecular formula is C33H32F4N4O5. The number of nitriles is 1. The van der Waals surface area contributed by atoms with Crippen LogP contribution in [-0.2, 0) is 25.2 Å². The lowest BCUT2D eigenvalue weighted by atomic mass is 9.77. The molecule has 3 aromatic rings. The number of rotatable bonds is 12. The molecule has 0 saturated heterocycles. The quantitative estimate of drug-likeness (QED) is 0.127. The zero-order valence-corrected chi connectivity index (χ0v) is 25.4. The molecular weight excluding hydrogens is 608 g/mol. The number of aromatic nitrogens is 2. The molecule has 1 aliphatic heterocycles. The van der Waals surface area contributed by atoms with Gasteiger partial charge in [-0.3, -0.25) is 5.10 Å². The molecule has 13 heteroatoms. The minimum atomic E-state index is -5.18. The number of methoxy groups -OCH3 is 1. The fraction of sp³-hybridized carbons (Fsp3) is 0.333. The van der Waals surface area contributed by atoms with E-state index in [4.69, 9.17) is 14.2 Å². The SMILES string of the molecule is COC(=O)C1=C(C)NC(C)=C(C(=O)OCCCCCCOc2cc(-c3ccccc3)[nH]n2)C1c1c(F)ccc(C#N)c1C(F)(F)F. The van der Waals surface area contributed by atoms with Crippen LogP contribution in [0.3, 0.4) is 0 Å². The molecule has 2 heterocycles. The van der Waals surface area contributed by atoms with Gasteiger partial charge in [-0.05, 0) is 57.2 Å². The highest BCUT2D eigenvalue weighted by molar-refractivity contribution is 6.00. The van der Waals surface area contributed by atoms with Crippen molar-refractivity contribution < 1.29 is 41.4 Å². The summed E-state index contributed by atoms with van der Waals surface area (Å²) < 4.78 is 74.2. The molecule has 46 heavy (non-hydrogen) atoms. The number of allylic oxidation sites excluding steroid dienone is 2. The molecule has 1 aromatic heterocycles. The highest BCUT2D eigenvalue weighted by Gasteiger charge is 2.46. The summed E-state index contributed by atoms with van der Waals surface area (Å²) in [5.41, 5.74) is -2.33. The van der Waals surface area contributed by atoms with E-state index in [9.17, 15) is 28.0 Å². The Kier molecular flexibility index (Phi) is 10.8. The van der Waals surface area contributed by atoms with Crippen LogP contribution >= 0.6 is 0 Å². The van der Waals surface area contributed by atoms with Crippen molar-refractivity contribution in [2.75, 3.05) is 20.3 Å². The molecule has 1 atom stereocenters. The van der Waals surface area contributed by atoms with Gasteiger partial charge in [0.25, 0.3) is 0 Å². The molecule has 0 amide bonds. The lowest BCUT2D eigenvalue weighted by molar-refractivity contribution is -0.142. The Labute approximate surface area is 262 Å². The molecule has 0 bridgehead atoms. The third-order valence-corrected chi connectivity index (χ3v) is 7.43. The molecule has 9 nitrogen and oxygen atoms in total. The van der Waals surface area contributed by atoms with Crippen molar-refractivity contribution in [2.24, 2.45) is 0 Å². The van der Waals surface area contributed by atoms with Crippen LogP contribution < -0.4 is 10.1 Å².